The minimum absolute atomic E-state index is 0.356. The van der Waals surface area contributed by atoms with Crippen LogP contribution in [0.4, 0.5) is 0 Å². The van der Waals surface area contributed by atoms with Crippen molar-refractivity contribution < 1.29 is 9.53 Å². The number of rotatable bonds is 2. The van der Waals surface area contributed by atoms with Crippen LogP contribution in [0.2, 0.25) is 0 Å². The Morgan fingerprint density at radius 2 is 2.33 bits per heavy atom. The fourth-order valence-corrected chi connectivity index (χ4v) is 1.05. The third-order valence-electron chi connectivity index (χ3n) is 2.01. The molecule has 12 heavy (non-hydrogen) atoms. The lowest BCUT2D eigenvalue weighted by atomic mass is 10.1. The van der Waals surface area contributed by atoms with E-state index in [1.165, 1.54) is 12.8 Å². The molecule has 2 nitrogen and oxygen atoms in total. The summed E-state index contributed by atoms with van der Waals surface area (Å²) in [5.41, 5.74) is 0. The molecule has 0 aromatic carbocycles. The quantitative estimate of drug-likeness (QED) is 0.354. The van der Waals surface area contributed by atoms with Crippen LogP contribution >= 0.6 is 0 Å². The van der Waals surface area contributed by atoms with Gasteiger partial charge in [-0.1, -0.05) is 12.8 Å². The summed E-state index contributed by atoms with van der Waals surface area (Å²) >= 11 is 0. The van der Waals surface area contributed by atoms with Gasteiger partial charge in [-0.2, -0.15) is 0 Å². The molecule has 0 radical (unpaired) electrons. The van der Waals surface area contributed by atoms with Crippen molar-refractivity contribution in [3.05, 3.63) is 0 Å². The van der Waals surface area contributed by atoms with E-state index in [0.717, 1.165) is 5.92 Å². The number of hydrogen-bond donors (Lipinski definition) is 0. The highest BCUT2D eigenvalue weighted by atomic mass is 16.5. The molecule has 0 bridgehead atoms. The van der Waals surface area contributed by atoms with Crippen molar-refractivity contribution in [3.8, 4) is 11.8 Å². The van der Waals surface area contributed by atoms with Crippen LogP contribution in [0.15, 0.2) is 0 Å². The first-order valence-electron chi connectivity index (χ1n) is 4.42. The molecule has 1 aliphatic carbocycles. The Morgan fingerprint density at radius 1 is 1.67 bits per heavy atom. The molecule has 1 saturated carbocycles. The summed E-state index contributed by atoms with van der Waals surface area (Å²) in [6, 6.07) is 0. The normalized spacial score (nSPS) is 17.5. The Bertz CT molecular complexity index is 218. The number of ether oxygens (including phenoxy) is 1. The Kier molecular flexibility index (Phi) is 3.16. The van der Waals surface area contributed by atoms with Crippen LogP contribution in [0.5, 0.6) is 0 Å². The lowest BCUT2D eigenvalue weighted by Gasteiger charge is -1.97. The molecule has 1 atom stereocenters. The topological polar surface area (TPSA) is 26.3 Å². The van der Waals surface area contributed by atoms with Crippen molar-refractivity contribution in [2.45, 2.75) is 26.7 Å². The van der Waals surface area contributed by atoms with Crippen molar-refractivity contribution in [2.24, 2.45) is 11.8 Å². The standard InChI is InChI=1S/C10H14O2/c1-3-12-10(11)7-4-8(2)9-5-6-9/h8-9H,3,5-6H2,1-2H3. The van der Waals surface area contributed by atoms with Crippen molar-refractivity contribution in [1.29, 1.82) is 0 Å². The maximum atomic E-state index is 10.8. The van der Waals surface area contributed by atoms with Gasteiger partial charge in [0.2, 0.25) is 0 Å². The molecule has 0 aliphatic heterocycles. The summed E-state index contributed by atoms with van der Waals surface area (Å²) in [6.07, 6.45) is 2.53. The van der Waals surface area contributed by atoms with E-state index in [2.05, 4.69) is 23.5 Å². The van der Waals surface area contributed by atoms with Gasteiger partial charge in [0.25, 0.3) is 0 Å². The lowest BCUT2D eigenvalue weighted by molar-refractivity contribution is -0.136. The first-order chi connectivity index (χ1) is 5.74. The molecular formula is C10H14O2. The Labute approximate surface area is 73.3 Å². The number of carbonyl (C=O) groups excluding carboxylic acids is 1. The summed E-state index contributed by atoms with van der Waals surface area (Å²) in [5.74, 6) is 6.08. The highest BCUT2D eigenvalue weighted by Crippen LogP contribution is 2.35. The van der Waals surface area contributed by atoms with Crippen molar-refractivity contribution in [3.63, 3.8) is 0 Å². The van der Waals surface area contributed by atoms with Gasteiger partial charge in [-0.05, 0) is 25.7 Å². The largest absolute Gasteiger partial charge is 0.456 e. The predicted octanol–water partition coefficient (Wildman–Crippen LogP) is 1.60. The van der Waals surface area contributed by atoms with Crippen molar-refractivity contribution in [1.82, 2.24) is 0 Å². The highest BCUT2D eigenvalue weighted by molar-refractivity contribution is 5.88. The molecule has 0 heterocycles. The van der Waals surface area contributed by atoms with E-state index in [9.17, 15) is 4.79 Å². The van der Waals surface area contributed by atoms with Gasteiger partial charge in [0.1, 0.15) is 0 Å². The number of esters is 1. The fourth-order valence-electron chi connectivity index (χ4n) is 1.05. The summed E-state index contributed by atoms with van der Waals surface area (Å²) in [4.78, 5) is 10.8. The third-order valence-corrected chi connectivity index (χ3v) is 2.01. The van der Waals surface area contributed by atoms with E-state index in [4.69, 9.17) is 0 Å². The molecule has 66 valence electrons. The Hall–Kier alpha value is -0.970. The monoisotopic (exact) mass is 166 g/mol. The molecule has 0 N–H and O–H groups in total. The van der Waals surface area contributed by atoms with Crippen LogP contribution in [0.1, 0.15) is 26.7 Å². The van der Waals surface area contributed by atoms with Crippen LogP contribution in [0, 0.1) is 23.7 Å². The van der Waals surface area contributed by atoms with Gasteiger partial charge >= 0.3 is 5.97 Å². The predicted molar refractivity (Wildman–Crippen MR) is 46.3 cm³/mol. The minimum Gasteiger partial charge on any atom is -0.456 e. The second-order valence-electron chi connectivity index (χ2n) is 3.12. The Morgan fingerprint density at radius 3 is 2.83 bits per heavy atom. The summed E-state index contributed by atoms with van der Waals surface area (Å²) < 4.78 is 4.68. The SMILES string of the molecule is CCOC(=O)C#CC(C)C1CC1. The van der Waals surface area contributed by atoms with Gasteiger partial charge in [0.15, 0.2) is 0 Å². The summed E-state index contributed by atoms with van der Waals surface area (Å²) in [5, 5.41) is 0. The van der Waals surface area contributed by atoms with Crippen LogP contribution in [-0.2, 0) is 9.53 Å². The van der Waals surface area contributed by atoms with Crippen LogP contribution in [0.25, 0.3) is 0 Å². The van der Waals surface area contributed by atoms with Crippen LogP contribution < -0.4 is 0 Å². The van der Waals surface area contributed by atoms with E-state index >= 15 is 0 Å². The molecule has 0 spiro atoms. The van der Waals surface area contributed by atoms with Crippen molar-refractivity contribution >= 4 is 5.97 Å². The van der Waals surface area contributed by atoms with E-state index in [-0.39, 0.29) is 0 Å². The third kappa shape index (κ3) is 2.96. The number of carbonyl (C=O) groups is 1. The average molecular weight is 166 g/mol. The molecule has 1 rings (SSSR count). The van der Waals surface area contributed by atoms with Gasteiger partial charge in [0, 0.05) is 11.8 Å². The molecule has 0 aromatic heterocycles. The van der Waals surface area contributed by atoms with E-state index < -0.39 is 5.97 Å². The molecule has 0 amide bonds. The second-order valence-corrected chi connectivity index (χ2v) is 3.12. The van der Waals surface area contributed by atoms with Crippen LogP contribution in [0.3, 0.4) is 0 Å². The zero-order valence-electron chi connectivity index (χ0n) is 7.59. The minimum atomic E-state index is -0.398. The fraction of sp³-hybridized carbons (Fsp3) is 0.700. The molecule has 0 saturated heterocycles. The molecule has 1 aliphatic rings. The van der Waals surface area contributed by atoms with Crippen molar-refractivity contribution in [2.75, 3.05) is 6.61 Å². The maximum absolute atomic E-state index is 10.8. The van der Waals surface area contributed by atoms with Gasteiger partial charge in [0.05, 0.1) is 6.61 Å². The highest BCUT2D eigenvalue weighted by Gasteiger charge is 2.26. The number of hydrogen-bond acceptors (Lipinski definition) is 2. The Balaban J connectivity index is 2.29. The van der Waals surface area contributed by atoms with E-state index in [1.807, 2.05) is 0 Å². The van der Waals surface area contributed by atoms with Gasteiger partial charge in [-0.25, -0.2) is 4.79 Å². The van der Waals surface area contributed by atoms with Crippen LogP contribution in [-0.4, -0.2) is 12.6 Å². The first kappa shape index (κ1) is 9.12. The summed E-state index contributed by atoms with van der Waals surface area (Å²) in [7, 11) is 0. The molecular weight excluding hydrogens is 152 g/mol. The van der Waals surface area contributed by atoms with Gasteiger partial charge in [-0.15, -0.1) is 0 Å². The van der Waals surface area contributed by atoms with Gasteiger partial charge in [-0.3, -0.25) is 0 Å². The second kappa shape index (κ2) is 4.15. The molecule has 1 fully saturated rings. The molecule has 2 heteroatoms. The van der Waals surface area contributed by atoms with E-state index in [0.29, 0.717) is 12.5 Å². The zero-order valence-corrected chi connectivity index (χ0v) is 7.59. The lowest BCUT2D eigenvalue weighted by Crippen LogP contribution is -2.01. The zero-order chi connectivity index (χ0) is 8.97. The smallest absolute Gasteiger partial charge is 0.384 e. The summed E-state index contributed by atoms with van der Waals surface area (Å²) in [6.45, 7) is 4.25. The maximum Gasteiger partial charge on any atom is 0.384 e. The average Bonchev–Trinajstić information content (AvgIpc) is 2.83. The van der Waals surface area contributed by atoms with E-state index in [1.54, 1.807) is 6.92 Å². The molecule has 0 aromatic rings. The molecule has 1 unspecified atom stereocenters. The first-order valence-corrected chi connectivity index (χ1v) is 4.42. The van der Waals surface area contributed by atoms with Gasteiger partial charge < -0.3 is 4.74 Å².